The maximum atomic E-state index is 11.3. The summed E-state index contributed by atoms with van der Waals surface area (Å²) in [5.74, 6) is -1.44. The number of carboxylic acid groups (broad SMARTS) is 1. The van der Waals surface area contributed by atoms with Crippen LogP contribution in [0.15, 0.2) is 0 Å². The molecule has 0 aliphatic rings. The predicted octanol–water partition coefficient (Wildman–Crippen LogP) is 2.86. The molecule has 5 heteroatoms. The van der Waals surface area contributed by atoms with Crippen LogP contribution in [0.2, 0.25) is 0 Å². The quantitative estimate of drug-likeness (QED) is 0.401. The van der Waals surface area contributed by atoms with E-state index in [4.69, 9.17) is 15.6 Å². The van der Waals surface area contributed by atoms with Crippen LogP contribution in [-0.2, 0) is 14.3 Å². The van der Waals surface area contributed by atoms with Gasteiger partial charge in [-0.25, -0.2) is 0 Å². The first-order chi connectivity index (χ1) is 9.57. The lowest BCUT2D eigenvalue weighted by Crippen LogP contribution is -2.30. The fourth-order valence-corrected chi connectivity index (χ4v) is 1.89. The summed E-state index contributed by atoms with van der Waals surface area (Å²) in [7, 11) is 0. The van der Waals surface area contributed by atoms with E-state index in [0.717, 1.165) is 12.8 Å². The van der Waals surface area contributed by atoms with Crippen molar-refractivity contribution in [2.75, 3.05) is 6.61 Å². The van der Waals surface area contributed by atoms with Gasteiger partial charge in [-0.15, -0.1) is 0 Å². The molecule has 0 heterocycles. The van der Waals surface area contributed by atoms with Crippen LogP contribution in [0, 0.1) is 0 Å². The molecule has 0 aromatic carbocycles. The van der Waals surface area contributed by atoms with Crippen molar-refractivity contribution < 1.29 is 19.4 Å². The summed E-state index contributed by atoms with van der Waals surface area (Å²) >= 11 is 0. The van der Waals surface area contributed by atoms with Crippen molar-refractivity contribution in [1.29, 1.82) is 0 Å². The summed E-state index contributed by atoms with van der Waals surface area (Å²) in [6, 6.07) is -0.981. The van der Waals surface area contributed by atoms with Crippen LogP contribution < -0.4 is 5.73 Å². The highest BCUT2D eigenvalue weighted by Crippen LogP contribution is 2.08. The second kappa shape index (κ2) is 12.9. The van der Waals surface area contributed by atoms with E-state index in [0.29, 0.717) is 6.61 Å². The van der Waals surface area contributed by atoms with E-state index in [1.54, 1.807) is 0 Å². The van der Waals surface area contributed by atoms with Crippen molar-refractivity contribution in [3.63, 3.8) is 0 Å². The Balaban J connectivity index is 3.29. The number of ether oxygens (including phenoxy) is 1. The minimum absolute atomic E-state index is 0.0739. The molecule has 1 atom stereocenters. The van der Waals surface area contributed by atoms with Gasteiger partial charge in [0.25, 0.3) is 0 Å². The molecule has 0 aromatic heterocycles. The minimum atomic E-state index is -1.08. The third-order valence-corrected chi connectivity index (χ3v) is 3.24. The Kier molecular flexibility index (Phi) is 12.2. The van der Waals surface area contributed by atoms with Crippen molar-refractivity contribution in [2.24, 2.45) is 5.73 Å². The Bertz CT molecular complexity index is 269. The zero-order valence-electron chi connectivity index (χ0n) is 12.6. The second-order valence-corrected chi connectivity index (χ2v) is 5.18. The van der Waals surface area contributed by atoms with E-state index >= 15 is 0 Å². The molecular weight excluding hydrogens is 258 g/mol. The summed E-state index contributed by atoms with van der Waals surface area (Å²) in [5.41, 5.74) is 5.30. The summed E-state index contributed by atoms with van der Waals surface area (Å²) in [4.78, 5) is 21.8. The number of nitrogens with two attached hydrogens (primary N) is 1. The van der Waals surface area contributed by atoms with E-state index in [-0.39, 0.29) is 18.8 Å². The van der Waals surface area contributed by atoms with E-state index < -0.39 is 12.0 Å². The molecule has 0 saturated carbocycles. The van der Waals surface area contributed by atoms with Gasteiger partial charge in [-0.2, -0.15) is 0 Å². The van der Waals surface area contributed by atoms with Crippen molar-refractivity contribution in [3.8, 4) is 0 Å². The van der Waals surface area contributed by atoms with Gasteiger partial charge < -0.3 is 15.6 Å². The normalized spacial score (nSPS) is 12.1. The molecule has 0 amide bonds. The average molecular weight is 287 g/mol. The lowest BCUT2D eigenvalue weighted by Gasteiger charge is -2.07. The topological polar surface area (TPSA) is 89.6 Å². The molecule has 0 rings (SSSR count). The number of esters is 1. The van der Waals surface area contributed by atoms with Gasteiger partial charge in [0.2, 0.25) is 0 Å². The molecule has 0 spiro atoms. The fraction of sp³-hybridized carbons (Fsp3) is 0.867. The smallest absolute Gasteiger partial charge is 0.320 e. The van der Waals surface area contributed by atoms with Gasteiger partial charge in [0.1, 0.15) is 6.04 Å². The number of carboxylic acids is 1. The summed E-state index contributed by atoms with van der Waals surface area (Å²) in [6.45, 7) is 2.63. The lowest BCUT2D eigenvalue weighted by molar-refractivity contribution is -0.144. The monoisotopic (exact) mass is 287 g/mol. The molecule has 0 fully saturated rings. The largest absolute Gasteiger partial charge is 0.480 e. The van der Waals surface area contributed by atoms with Gasteiger partial charge in [-0.3, -0.25) is 9.59 Å². The van der Waals surface area contributed by atoms with Gasteiger partial charge in [0.05, 0.1) is 6.61 Å². The van der Waals surface area contributed by atoms with Gasteiger partial charge in [0.15, 0.2) is 0 Å². The van der Waals surface area contributed by atoms with E-state index in [1.165, 1.54) is 38.5 Å². The highest BCUT2D eigenvalue weighted by atomic mass is 16.5. The summed E-state index contributed by atoms with van der Waals surface area (Å²) < 4.78 is 5.03. The third kappa shape index (κ3) is 12.0. The number of hydrogen-bond donors (Lipinski definition) is 2. The first-order valence-corrected chi connectivity index (χ1v) is 7.72. The van der Waals surface area contributed by atoms with Crippen LogP contribution in [0.25, 0.3) is 0 Å². The molecule has 0 aromatic rings. The first kappa shape index (κ1) is 18.9. The number of rotatable bonds is 13. The van der Waals surface area contributed by atoms with Crippen molar-refractivity contribution in [2.45, 2.75) is 77.2 Å². The molecule has 1 unspecified atom stereocenters. The number of hydrogen-bond acceptors (Lipinski definition) is 4. The van der Waals surface area contributed by atoms with Crippen molar-refractivity contribution in [1.82, 2.24) is 0 Å². The van der Waals surface area contributed by atoms with Crippen LogP contribution in [0.5, 0.6) is 0 Å². The van der Waals surface area contributed by atoms with Crippen molar-refractivity contribution in [3.05, 3.63) is 0 Å². The maximum Gasteiger partial charge on any atom is 0.320 e. The Morgan fingerprint density at radius 3 is 2.15 bits per heavy atom. The number of aliphatic carboxylic acids is 1. The molecule has 0 bridgehead atoms. The Morgan fingerprint density at radius 1 is 1.05 bits per heavy atom. The van der Waals surface area contributed by atoms with Crippen LogP contribution in [-0.4, -0.2) is 29.7 Å². The first-order valence-electron chi connectivity index (χ1n) is 7.72. The fourth-order valence-electron chi connectivity index (χ4n) is 1.89. The molecule has 5 nitrogen and oxygen atoms in total. The summed E-state index contributed by atoms with van der Waals surface area (Å²) in [6.07, 6.45) is 9.79. The lowest BCUT2D eigenvalue weighted by atomic mass is 10.1. The van der Waals surface area contributed by atoms with Crippen LogP contribution in [0.1, 0.15) is 71.1 Å². The van der Waals surface area contributed by atoms with Crippen LogP contribution in [0.3, 0.4) is 0 Å². The number of carbonyl (C=O) groups excluding carboxylic acids is 1. The highest BCUT2D eigenvalue weighted by Gasteiger charge is 2.13. The summed E-state index contributed by atoms with van der Waals surface area (Å²) in [5, 5.41) is 8.57. The third-order valence-electron chi connectivity index (χ3n) is 3.24. The Labute approximate surface area is 121 Å². The van der Waals surface area contributed by atoms with Crippen LogP contribution >= 0.6 is 0 Å². The van der Waals surface area contributed by atoms with Gasteiger partial charge in [-0.1, -0.05) is 51.9 Å². The molecule has 3 N–H and O–H groups in total. The zero-order valence-corrected chi connectivity index (χ0v) is 12.6. The van der Waals surface area contributed by atoms with E-state index in [1.807, 2.05) is 0 Å². The van der Waals surface area contributed by atoms with Gasteiger partial charge in [0, 0.05) is 6.42 Å². The molecule has 0 aliphatic carbocycles. The standard InChI is InChI=1S/C15H29NO4/c1-2-3-4-5-6-7-8-9-12-20-14(17)11-10-13(16)15(18)19/h13H,2-12,16H2,1H3,(H,18,19). The zero-order chi connectivity index (χ0) is 15.2. The molecule has 0 radical (unpaired) electrons. The maximum absolute atomic E-state index is 11.3. The van der Waals surface area contributed by atoms with Gasteiger partial charge in [-0.05, 0) is 12.8 Å². The Morgan fingerprint density at radius 2 is 1.60 bits per heavy atom. The molecule has 0 aliphatic heterocycles. The highest BCUT2D eigenvalue weighted by molar-refractivity contribution is 5.75. The number of unbranched alkanes of at least 4 members (excludes halogenated alkanes) is 7. The molecule has 118 valence electrons. The molecule has 0 saturated heterocycles. The Hall–Kier alpha value is -1.10. The van der Waals surface area contributed by atoms with E-state index in [9.17, 15) is 9.59 Å². The number of carbonyl (C=O) groups is 2. The second-order valence-electron chi connectivity index (χ2n) is 5.18. The van der Waals surface area contributed by atoms with Crippen LogP contribution in [0.4, 0.5) is 0 Å². The molecular formula is C15H29NO4. The molecule has 20 heavy (non-hydrogen) atoms. The predicted molar refractivity (Wildman–Crippen MR) is 78.4 cm³/mol. The SMILES string of the molecule is CCCCCCCCCCOC(=O)CCC(N)C(=O)O. The van der Waals surface area contributed by atoms with Crippen molar-refractivity contribution >= 4 is 11.9 Å². The van der Waals surface area contributed by atoms with Gasteiger partial charge >= 0.3 is 11.9 Å². The minimum Gasteiger partial charge on any atom is -0.480 e. The average Bonchev–Trinajstić information content (AvgIpc) is 2.42. The van der Waals surface area contributed by atoms with E-state index in [2.05, 4.69) is 6.92 Å².